The van der Waals surface area contributed by atoms with Crippen molar-refractivity contribution < 1.29 is 4.79 Å². The van der Waals surface area contributed by atoms with E-state index in [9.17, 15) is 4.79 Å². The van der Waals surface area contributed by atoms with Crippen molar-refractivity contribution in [3.8, 4) is 0 Å². The third-order valence-corrected chi connectivity index (χ3v) is 3.91. The number of carbonyl (C=O) groups excluding carboxylic acids is 1. The molecule has 1 aliphatic heterocycles. The molecule has 110 valence electrons. The van der Waals surface area contributed by atoms with Crippen LogP contribution in [-0.2, 0) is 6.42 Å². The third-order valence-electron chi connectivity index (χ3n) is 3.91. The van der Waals surface area contributed by atoms with Gasteiger partial charge in [-0.05, 0) is 49.4 Å². The molecule has 0 aliphatic carbocycles. The molecule has 0 fully saturated rings. The minimum Gasteiger partial charge on any atom is -0.352 e. The van der Waals surface area contributed by atoms with Gasteiger partial charge in [-0.3, -0.25) is 4.79 Å². The van der Waals surface area contributed by atoms with Gasteiger partial charge in [0.05, 0.1) is 0 Å². The SMILES string of the molecule is CCCNC(CCC)c1ccc2c(c1)C(=O)NCCC2. The smallest absolute Gasteiger partial charge is 0.251 e. The number of hydrogen-bond acceptors (Lipinski definition) is 2. The molecule has 1 aromatic carbocycles. The van der Waals surface area contributed by atoms with Crippen molar-refractivity contribution in [1.29, 1.82) is 0 Å². The van der Waals surface area contributed by atoms with Gasteiger partial charge in [-0.25, -0.2) is 0 Å². The average Bonchev–Trinajstić information content (AvgIpc) is 2.65. The van der Waals surface area contributed by atoms with Gasteiger partial charge >= 0.3 is 0 Å². The van der Waals surface area contributed by atoms with Crippen molar-refractivity contribution in [2.75, 3.05) is 13.1 Å². The summed E-state index contributed by atoms with van der Waals surface area (Å²) in [5.74, 6) is 0.0880. The second kappa shape index (κ2) is 7.44. The molecule has 1 unspecified atom stereocenters. The van der Waals surface area contributed by atoms with Crippen LogP contribution in [0.15, 0.2) is 18.2 Å². The second-order valence-electron chi connectivity index (χ2n) is 5.57. The minimum absolute atomic E-state index is 0.0880. The topological polar surface area (TPSA) is 41.1 Å². The van der Waals surface area contributed by atoms with Gasteiger partial charge < -0.3 is 10.6 Å². The van der Waals surface area contributed by atoms with Crippen molar-refractivity contribution in [3.05, 3.63) is 34.9 Å². The first-order valence-electron chi connectivity index (χ1n) is 7.90. The number of rotatable bonds is 6. The van der Waals surface area contributed by atoms with E-state index in [2.05, 4.69) is 42.7 Å². The zero-order valence-electron chi connectivity index (χ0n) is 12.7. The van der Waals surface area contributed by atoms with Gasteiger partial charge in [-0.15, -0.1) is 0 Å². The lowest BCUT2D eigenvalue weighted by atomic mass is 9.95. The predicted octanol–water partition coefficient (Wildman–Crippen LogP) is 3.20. The Kier molecular flexibility index (Phi) is 5.60. The van der Waals surface area contributed by atoms with E-state index in [0.717, 1.165) is 50.8 Å². The highest BCUT2D eigenvalue weighted by atomic mass is 16.1. The number of fused-ring (bicyclic) bond motifs is 1. The van der Waals surface area contributed by atoms with Crippen molar-refractivity contribution >= 4 is 5.91 Å². The zero-order valence-corrected chi connectivity index (χ0v) is 12.7. The van der Waals surface area contributed by atoms with E-state index in [1.807, 2.05) is 0 Å². The van der Waals surface area contributed by atoms with Crippen molar-refractivity contribution in [3.63, 3.8) is 0 Å². The van der Waals surface area contributed by atoms with Crippen LogP contribution in [0.25, 0.3) is 0 Å². The van der Waals surface area contributed by atoms with Crippen LogP contribution in [0.1, 0.15) is 67.1 Å². The van der Waals surface area contributed by atoms with Gasteiger partial charge in [0.2, 0.25) is 0 Å². The molecular weight excluding hydrogens is 248 g/mol. The van der Waals surface area contributed by atoms with Crippen molar-refractivity contribution in [1.82, 2.24) is 10.6 Å². The fraction of sp³-hybridized carbons (Fsp3) is 0.588. The summed E-state index contributed by atoms with van der Waals surface area (Å²) in [4.78, 5) is 12.1. The molecule has 1 atom stereocenters. The summed E-state index contributed by atoms with van der Waals surface area (Å²) >= 11 is 0. The van der Waals surface area contributed by atoms with E-state index in [4.69, 9.17) is 0 Å². The Bertz CT molecular complexity index is 456. The van der Waals surface area contributed by atoms with Crippen LogP contribution in [0.3, 0.4) is 0 Å². The zero-order chi connectivity index (χ0) is 14.4. The van der Waals surface area contributed by atoms with Gasteiger partial charge in [-0.1, -0.05) is 32.4 Å². The Morgan fingerprint density at radius 1 is 1.30 bits per heavy atom. The molecule has 0 saturated carbocycles. The van der Waals surface area contributed by atoms with Gasteiger partial charge in [-0.2, -0.15) is 0 Å². The summed E-state index contributed by atoms with van der Waals surface area (Å²) in [6, 6.07) is 6.80. The quantitative estimate of drug-likeness (QED) is 0.836. The van der Waals surface area contributed by atoms with Gasteiger partial charge in [0.1, 0.15) is 0 Å². The van der Waals surface area contributed by atoms with E-state index in [1.165, 1.54) is 11.1 Å². The number of carbonyl (C=O) groups is 1. The Hall–Kier alpha value is -1.35. The summed E-state index contributed by atoms with van der Waals surface area (Å²) < 4.78 is 0. The summed E-state index contributed by atoms with van der Waals surface area (Å²) in [6.45, 7) is 6.19. The normalized spacial score (nSPS) is 16.2. The third kappa shape index (κ3) is 3.60. The lowest BCUT2D eigenvalue weighted by molar-refractivity contribution is 0.0956. The highest BCUT2D eigenvalue weighted by Crippen LogP contribution is 2.23. The molecule has 3 nitrogen and oxygen atoms in total. The molecule has 0 radical (unpaired) electrons. The molecule has 0 bridgehead atoms. The van der Waals surface area contributed by atoms with Gasteiger partial charge in [0, 0.05) is 18.2 Å². The highest BCUT2D eigenvalue weighted by Gasteiger charge is 2.18. The Balaban J connectivity index is 2.24. The maximum Gasteiger partial charge on any atom is 0.251 e. The van der Waals surface area contributed by atoms with Crippen LogP contribution >= 0.6 is 0 Å². The molecule has 1 heterocycles. The standard InChI is InChI=1S/C17H26N2O/c1-3-6-16(18-10-4-2)14-9-8-13-7-5-11-19-17(20)15(13)12-14/h8-9,12,16,18H,3-7,10-11H2,1-2H3,(H,19,20). The molecule has 1 aromatic rings. The van der Waals surface area contributed by atoms with Crippen molar-refractivity contribution in [2.24, 2.45) is 0 Å². The maximum atomic E-state index is 12.1. The number of amides is 1. The molecule has 3 heteroatoms. The van der Waals surface area contributed by atoms with Crippen LogP contribution in [0, 0.1) is 0 Å². The fourth-order valence-corrected chi connectivity index (χ4v) is 2.81. The Morgan fingerprint density at radius 3 is 2.90 bits per heavy atom. The Labute approximate surface area is 122 Å². The molecular formula is C17H26N2O. The van der Waals surface area contributed by atoms with Crippen LogP contribution in [0.4, 0.5) is 0 Å². The fourth-order valence-electron chi connectivity index (χ4n) is 2.81. The average molecular weight is 274 g/mol. The molecule has 1 amide bonds. The highest BCUT2D eigenvalue weighted by molar-refractivity contribution is 5.96. The molecule has 1 aliphatic rings. The Morgan fingerprint density at radius 2 is 2.15 bits per heavy atom. The lowest BCUT2D eigenvalue weighted by Gasteiger charge is -2.19. The predicted molar refractivity (Wildman–Crippen MR) is 83.0 cm³/mol. The van der Waals surface area contributed by atoms with E-state index < -0.39 is 0 Å². The minimum atomic E-state index is 0.0880. The molecule has 20 heavy (non-hydrogen) atoms. The first kappa shape index (κ1) is 15.0. The maximum absolute atomic E-state index is 12.1. The summed E-state index contributed by atoms with van der Waals surface area (Å²) in [5, 5.41) is 6.57. The van der Waals surface area contributed by atoms with E-state index in [0.29, 0.717) is 6.04 Å². The van der Waals surface area contributed by atoms with Crippen molar-refractivity contribution in [2.45, 2.75) is 52.0 Å². The van der Waals surface area contributed by atoms with E-state index in [1.54, 1.807) is 0 Å². The number of nitrogens with one attached hydrogen (secondary N) is 2. The molecule has 2 N–H and O–H groups in total. The first-order chi connectivity index (χ1) is 9.76. The molecule has 0 saturated heterocycles. The lowest BCUT2D eigenvalue weighted by Crippen LogP contribution is -2.24. The van der Waals surface area contributed by atoms with Crippen LogP contribution in [-0.4, -0.2) is 19.0 Å². The van der Waals surface area contributed by atoms with E-state index in [-0.39, 0.29) is 5.91 Å². The second-order valence-corrected chi connectivity index (χ2v) is 5.57. The van der Waals surface area contributed by atoms with Crippen LogP contribution < -0.4 is 10.6 Å². The van der Waals surface area contributed by atoms with Crippen LogP contribution in [0.2, 0.25) is 0 Å². The summed E-state index contributed by atoms with van der Waals surface area (Å²) in [7, 11) is 0. The van der Waals surface area contributed by atoms with E-state index >= 15 is 0 Å². The van der Waals surface area contributed by atoms with Crippen LogP contribution in [0.5, 0.6) is 0 Å². The number of benzene rings is 1. The first-order valence-corrected chi connectivity index (χ1v) is 7.90. The number of hydrogen-bond donors (Lipinski definition) is 2. The molecule has 2 rings (SSSR count). The van der Waals surface area contributed by atoms with Gasteiger partial charge in [0.25, 0.3) is 5.91 Å². The summed E-state index contributed by atoms with van der Waals surface area (Å²) in [6.07, 6.45) is 5.41. The monoisotopic (exact) mass is 274 g/mol. The van der Waals surface area contributed by atoms with Gasteiger partial charge in [0.15, 0.2) is 0 Å². The largest absolute Gasteiger partial charge is 0.352 e. The molecule has 0 aromatic heterocycles. The molecule has 0 spiro atoms. The summed E-state index contributed by atoms with van der Waals surface area (Å²) in [5.41, 5.74) is 3.31. The number of aryl methyl sites for hydroxylation is 1.